The fourth-order valence-electron chi connectivity index (χ4n) is 3.98. The maximum atomic E-state index is 12.2. The summed E-state index contributed by atoms with van der Waals surface area (Å²) in [5.41, 5.74) is 1.85. The highest BCUT2D eigenvalue weighted by molar-refractivity contribution is 5.82. The third-order valence-electron chi connectivity index (χ3n) is 6.76. The lowest BCUT2D eigenvalue weighted by atomic mass is 9.97. The lowest BCUT2D eigenvalue weighted by Gasteiger charge is -2.20. The molecule has 3 fully saturated rings. The minimum absolute atomic E-state index is 0.0114. The Balaban J connectivity index is 0.000000315. The van der Waals surface area contributed by atoms with E-state index in [-0.39, 0.29) is 43.2 Å². The van der Waals surface area contributed by atoms with E-state index in [1.54, 1.807) is 12.3 Å². The van der Waals surface area contributed by atoms with Crippen molar-refractivity contribution in [2.75, 3.05) is 0 Å². The van der Waals surface area contributed by atoms with Crippen LogP contribution in [0.25, 0.3) is 5.65 Å². The number of carbonyl (C=O) groups excluding carboxylic acids is 2. The van der Waals surface area contributed by atoms with Crippen LogP contribution in [0.1, 0.15) is 95.7 Å². The summed E-state index contributed by atoms with van der Waals surface area (Å²) < 4.78 is 62.3. The van der Waals surface area contributed by atoms with Crippen LogP contribution in [0.2, 0.25) is 0 Å². The van der Waals surface area contributed by atoms with E-state index in [9.17, 15) is 31.5 Å². The number of rotatable bonds is 7. The van der Waals surface area contributed by atoms with Crippen LogP contribution in [0, 0.1) is 11.3 Å². The number of halogens is 5. The van der Waals surface area contributed by atoms with Gasteiger partial charge in [-0.25, -0.2) is 18.3 Å². The molecule has 3 aliphatic rings. The van der Waals surface area contributed by atoms with Gasteiger partial charge in [-0.15, -0.1) is 0 Å². The maximum Gasteiger partial charge on any atom is 0.389 e. The van der Waals surface area contributed by atoms with Crippen LogP contribution >= 0.6 is 0 Å². The van der Waals surface area contributed by atoms with Crippen molar-refractivity contribution in [3.05, 3.63) is 29.7 Å². The van der Waals surface area contributed by atoms with Gasteiger partial charge in [0.25, 0.3) is 0 Å². The van der Waals surface area contributed by atoms with E-state index in [1.165, 1.54) is 30.0 Å². The molecule has 0 bridgehead atoms. The number of fused-ring (bicyclic) bond motifs is 1. The first-order valence-electron chi connectivity index (χ1n) is 13.6. The molecule has 0 aliphatic heterocycles. The van der Waals surface area contributed by atoms with Gasteiger partial charge in [0.05, 0.1) is 31.1 Å². The van der Waals surface area contributed by atoms with E-state index in [2.05, 4.69) is 34.6 Å². The summed E-state index contributed by atoms with van der Waals surface area (Å²) in [5, 5.41) is 9.48. The Labute approximate surface area is 225 Å². The lowest BCUT2D eigenvalue weighted by molar-refractivity contribution is -0.144. The second-order valence-electron chi connectivity index (χ2n) is 11.2. The third kappa shape index (κ3) is 11.5. The van der Waals surface area contributed by atoms with Crippen LogP contribution in [0.5, 0.6) is 0 Å². The van der Waals surface area contributed by atoms with Crippen molar-refractivity contribution in [1.82, 2.24) is 25.2 Å². The standard InChI is InChI=1S/C18H22F3N5O2.C6H10F2.C3H6/c1-17(2)6-13(17)16(28)23-9-12-10-26-14(25-12)5-11(8-24-26)7-22-15(27)3-4-18(19,20)21;7-6(8)4-2-1-3-5-6;1-2-3-1/h5,8,10,13H,3-4,6-7,9H2,1-2H3,(H,22,27)(H,23,28);1-5H2;1-3H2. The van der Waals surface area contributed by atoms with Crippen LogP contribution in [0.15, 0.2) is 18.5 Å². The van der Waals surface area contributed by atoms with Crippen molar-refractivity contribution < 1.29 is 31.5 Å². The van der Waals surface area contributed by atoms with E-state index in [4.69, 9.17) is 0 Å². The molecule has 7 nitrogen and oxygen atoms in total. The van der Waals surface area contributed by atoms with Crippen molar-refractivity contribution in [1.29, 1.82) is 0 Å². The van der Waals surface area contributed by atoms with Gasteiger partial charge in [0.1, 0.15) is 0 Å². The van der Waals surface area contributed by atoms with Gasteiger partial charge in [0, 0.05) is 31.7 Å². The summed E-state index contributed by atoms with van der Waals surface area (Å²) in [4.78, 5) is 27.9. The quantitative estimate of drug-likeness (QED) is 0.401. The molecule has 0 spiro atoms. The molecular formula is C27H38F5N5O2. The fraction of sp³-hybridized carbons (Fsp3) is 0.704. The van der Waals surface area contributed by atoms with Gasteiger partial charge in [0.2, 0.25) is 17.7 Å². The van der Waals surface area contributed by atoms with Gasteiger partial charge >= 0.3 is 6.18 Å². The molecular weight excluding hydrogens is 521 g/mol. The summed E-state index contributed by atoms with van der Waals surface area (Å²) in [6.07, 6.45) is 5.13. The first-order valence-corrected chi connectivity index (χ1v) is 13.6. The Morgan fingerprint density at radius 3 is 2.15 bits per heavy atom. The minimum Gasteiger partial charge on any atom is -0.352 e. The zero-order valence-corrected chi connectivity index (χ0v) is 22.5. The Bertz CT molecular complexity index is 1100. The van der Waals surface area contributed by atoms with Crippen molar-refractivity contribution in [2.24, 2.45) is 11.3 Å². The molecule has 1 unspecified atom stereocenters. The average molecular weight is 560 g/mol. The van der Waals surface area contributed by atoms with Gasteiger partial charge in [-0.1, -0.05) is 39.5 Å². The van der Waals surface area contributed by atoms with Crippen LogP contribution in [-0.2, 0) is 22.7 Å². The summed E-state index contributed by atoms with van der Waals surface area (Å²) in [6.45, 7) is 4.46. The number of carbonyl (C=O) groups is 2. The van der Waals surface area contributed by atoms with E-state index in [0.717, 1.165) is 12.8 Å². The van der Waals surface area contributed by atoms with E-state index in [1.807, 2.05) is 0 Å². The fourth-order valence-corrected chi connectivity index (χ4v) is 3.98. The highest BCUT2D eigenvalue weighted by Crippen LogP contribution is 2.51. The highest BCUT2D eigenvalue weighted by Gasteiger charge is 2.50. The molecule has 12 heteroatoms. The molecule has 2 N–H and O–H groups in total. The largest absolute Gasteiger partial charge is 0.389 e. The molecule has 0 aromatic carbocycles. The van der Waals surface area contributed by atoms with Crippen LogP contribution in [-0.4, -0.2) is 38.5 Å². The van der Waals surface area contributed by atoms with Crippen LogP contribution < -0.4 is 10.6 Å². The van der Waals surface area contributed by atoms with Crippen molar-refractivity contribution in [2.45, 2.75) is 110 Å². The number of hydrogen-bond acceptors (Lipinski definition) is 4. The van der Waals surface area contributed by atoms with Gasteiger partial charge in [-0.05, 0) is 36.3 Å². The van der Waals surface area contributed by atoms with Crippen molar-refractivity contribution in [3.8, 4) is 0 Å². The SMILES string of the molecule is C1CC1.CC1(C)CC1C(=O)NCc1cn2ncc(CNC(=O)CCC(F)(F)F)cc2n1.FC1(F)CCCCC1. The van der Waals surface area contributed by atoms with E-state index < -0.39 is 30.8 Å². The van der Waals surface area contributed by atoms with Gasteiger partial charge < -0.3 is 10.6 Å². The molecule has 3 saturated carbocycles. The summed E-state index contributed by atoms with van der Waals surface area (Å²) in [7, 11) is 0. The third-order valence-corrected chi connectivity index (χ3v) is 6.76. The first-order chi connectivity index (χ1) is 18.2. The topological polar surface area (TPSA) is 88.4 Å². The monoisotopic (exact) mass is 559 g/mol. The van der Waals surface area contributed by atoms with Crippen LogP contribution in [0.3, 0.4) is 0 Å². The van der Waals surface area contributed by atoms with Gasteiger partial charge in [0.15, 0.2) is 5.65 Å². The number of amides is 2. The number of nitrogens with one attached hydrogen (secondary N) is 2. The molecule has 218 valence electrons. The molecule has 0 saturated heterocycles. The molecule has 2 heterocycles. The molecule has 2 aromatic heterocycles. The lowest BCUT2D eigenvalue weighted by Crippen LogP contribution is -2.26. The van der Waals surface area contributed by atoms with E-state index in [0.29, 0.717) is 29.7 Å². The summed E-state index contributed by atoms with van der Waals surface area (Å²) in [5.74, 6) is -2.95. The second-order valence-corrected chi connectivity index (χ2v) is 11.2. The zero-order valence-electron chi connectivity index (χ0n) is 22.5. The maximum absolute atomic E-state index is 12.2. The molecule has 1 atom stereocenters. The number of hydrogen-bond donors (Lipinski definition) is 2. The number of aromatic nitrogens is 3. The smallest absolute Gasteiger partial charge is 0.352 e. The Kier molecular flexibility index (Phi) is 10.3. The predicted octanol–water partition coefficient (Wildman–Crippen LogP) is 6.11. The Morgan fingerprint density at radius 2 is 1.64 bits per heavy atom. The predicted molar refractivity (Wildman–Crippen MR) is 136 cm³/mol. The summed E-state index contributed by atoms with van der Waals surface area (Å²) in [6, 6.07) is 1.69. The van der Waals surface area contributed by atoms with Gasteiger partial charge in [-0.2, -0.15) is 18.3 Å². The Hall–Kier alpha value is -2.79. The van der Waals surface area contributed by atoms with Crippen LogP contribution in [0.4, 0.5) is 22.0 Å². The average Bonchev–Trinajstić information content (AvgIpc) is 3.78. The minimum atomic E-state index is -4.35. The Morgan fingerprint density at radius 1 is 1.03 bits per heavy atom. The number of alkyl halides is 5. The molecule has 2 amide bonds. The highest BCUT2D eigenvalue weighted by atomic mass is 19.4. The molecule has 5 rings (SSSR count). The molecule has 3 aliphatic carbocycles. The van der Waals surface area contributed by atoms with Crippen molar-refractivity contribution >= 4 is 17.5 Å². The zero-order chi connectivity index (χ0) is 28.7. The summed E-state index contributed by atoms with van der Waals surface area (Å²) >= 11 is 0. The van der Waals surface area contributed by atoms with E-state index >= 15 is 0 Å². The molecule has 2 aromatic rings. The second kappa shape index (κ2) is 13.0. The normalized spacial score (nSPS) is 20.5. The number of nitrogens with zero attached hydrogens (tertiary/aromatic N) is 3. The molecule has 0 radical (unpaired) electrons. The number of imidazole rings is 1. The van der Waals surface area contributed by atoms with Gasteiger partial charge in [-0.3, -0.25) is 9.59 Å². The van der Waals surface area contributed by atoms with Crippen molar-refractivity contribution in [3.63, 3.8) is 0 Å². The molecule has 39 heavy (non-hydrogen) atoms. The first kappa shape index (κ1) is 30.7.